The first-order chi connectivity index (χ1) is 9.20. The Balaban J connectivity index is 2.06. The Morgan fingerprint density at radius 1 is 1.37 bits per heavy atom. The minimum Gasteiger partial charge on any atom is -0.393 e. The zero-order chi connectivity index (χ0) is 13.7. The largest absolute Gasteiger partial charge is 0.393 e. The number of hydrogen-bond acceptors (Lipinski definition) is 5. The molecule has 0 saturated heterocycles. The molecule has 19 heavy (non-hydrogen) atoms. The maximum absolute atomic E-state index is 9.79. The average Bonchev–Trinajstić information content (AvgIpc) is 3.00. The Morgan fingerprint density at radius 3 is 2.74 bits per heavy atom. The first kappa shape index (κ1) is 14.5. The number of hydrogen-bond donors (Lipinski definition) is 1. The van der Waals surface area contributed by atoms with E-state index >= 15 is 0 Å². The Kier molecular flexibility index (Phi) is 4.93. The summed E-state index contributed by atoms with van der Waals surface area (Å²) in [5, 5.41) is 13.9. The van der Waals surface area contributed by atoms with Gasteiger partial charge < -0.3 is 14.4 Å². The highest BCUT2D eigenvalue weighted by Gasteiger charge is 2.40. The van der Waals surface area contributed by atoms with Crippen LogP contribution in [0, 0.1) is 0 Å². The molecule has 1 unspecified atom stereocenters. The van der Waals surface area contributed by atoms with Crippen molar-refractivity contribution in [2.24, 2.45) is 0 Å². The normalized spacial score (nSPS) is 19.7. The number of nitrogens with zero attached hydrogens (tertiary/aromatic N) is 2. The lowest BCUT2D eigenvalue weighted by atomic mass is 10.0. The van der Waals surface area contributed by atoms with Crippen molar-refractivity contribution in [3.63, 3.8) is 0 Å². The van der Waals surface area contributed by atoms with Gasteiger partial charge >= 0.3 is 0 Å². The van der Waals surface area contributed by atoms with Gasteiger partial charge in [0.25, 0.3) is 0 Å². The van der Waals surface area contributed by atoms with Crippen LogP contribution in [-0.2, 0) is 16.8 Å². The van der Waals surface area contributed by atoms with Gasteiger partial charge in [-0.1, -0.05) is 18.5 Å². The summed E-state index contributed by atoms with van der Waals surface area (Å²) in [5.41, 5.74) is -0.355. The van der Waals surface area contributed by atoms with Gasteiger partial charge in [-0.05, 0) is 39.0 Å². The molecular formula is C14H24N2O3. The highest BCUT2D eigenvalue weighted by Crippen LogP contribution is 2.40. The number of aliphatic hydroxyl groups excluding tert-OH is 1. The molecule has 1 aliphatic carbocycles. The molecule has 1 aromatic rings. The van der Waals surface area contributed by atoms with Gasteiger partial charge in [-0.3, -0.25) is 0 Å². The second kappa shape index (κ2) is 6.48. The summed E-state index contributed by atoms with van der Waals surface area (Å²) in [6, 6.07) is 0. The molecule has 0 radical (unpaired) electrons. The molecule has 5 nitrogen and oxygen atoms in total. The lowest BCUT2D eigenvalue weighted by Crippen LogP contribution is -2.27. The molecule has 0 amide bonds. The van der Waals surface area contributed by atoms with Crippen molar-refractivity contribution < 1.29 is 14.4 Å². The lowest BCUT2D eigenvalue weighted by molar-refractivity contribution is -0.0469. The maximum Gasteiger partial charge on any atom is 0.229 e. The van der Waals surface area contributed by atoms with Crippen LogP contribution >= 0.6 is 0 Å². The van der Waals surface area contributed by atoms with Crippen molar-refractivity contribution in [3.05, 3.63) is 11.7 Å². The molecule has 0 bridgehead atoms. The van der Waals surface area contributed by atoms with E-state index in [1.807, 2.05) is 13.8 Å². The summed E-state index contributed by atoms with van der Waals surface area (Å²) in [5.74, 6) is 1.17. The molecule has 1 heterocycles. The van der Waals surface area contributed by atoms with E-state index in [1.54, 1.807) is 0 Å². The third-order valence-corrected chi connectivity index (χ3v) is 3.74. The van der Waals surface area contributed by atoms with Crippen molar-refractivity contribution in [2.75, 3.05) is 6.61 Å². The van der Waals surface area contributed by atoms with E-state index in [9.17, 15) is 5.11 Å². The molecule has 5 heteroatoms. The van der Waals surface area contributed by atoms with Crippen LogP contribution in [0.4, 0.5) is 0 Å². The molecule has 0 aliphatic heterocycles. The fourth-order valence-electron chi connectivity index (χ4n) is 2.81. The van der Waals surface area contributed by atoms with Crippen molar-refractivity contribution >= 4 is 0 Å². The summed E-state index contributed by atoms with van der Waals surface area (Å²) in [6.07, 6.45) is 5.94. The van der Waals surface area contributed by atoms with Crippen LogP contribution in [0.2, 0.25) is 0 Å². The summed E-state index contributed by atoms with van der Waals surface area (Å²) < 4.78 is 11.2. The summed E-state index contributed by atoms with van der Waals surface area (Å²) in [7, 11) is 0. The van der Waals surface area contributed by atoms with Crippen molar-refractivity contribution in [2.45, 2.75) is 70.5 Å². The monoisotopic (exact) mass is 268 g/mol. The van der Waals surface area contributed by atoms with Crippen LogP contribution in [-0.4, -0.2) is 28.0 Å². The second-order valence-corrected chi connectivity index (χ2v) is 5.29. The molecule has 1 saturated carbocycles. The Hall–Kier alpha value is -0.940. The minimum atomic E-state index is -0.398. The molecule has 1 aromatic heterocycles. The summed E-state index contributed by atoms with van der Waals surface area (Å²) in [6.45, 7) is 4.69. The molecular weight excluding hydrogens is 244 g/mol. The van der Waals surface area contributed by atoms with Gasteiger partial charge in [-0.2, -0.15) is 4.98 Å². The SMILES string of the molecule is CCCC(O)Cc1nc(C2(OCC)CCCC2)no1. The molecule has 1 fully saturated rings. The first-order valence-corrected chi connectivity index (χ1v) is 7.35. The van der Waals surface area contributed by atoms with Gasteiger partial charge in [0.15, 0.2) is 0 Å². The molecule has 2 rings (SSSR count). The third-order valence-electron chi connectivity index (χ3n) is 3.74. The van der Waals surface area contributed by atoms with Gasteiger partial charge in [0, 0.05) is 6.61 Å². The van der Waals surface area contributed by atoms with E-state index in [2.05, 4.69) is 10.1 Å². The number of aromatic nitrogens is 2. The van der Waals surface area contributed by atoms with Gasteiger partial charge in [0.1, 0.15) is 5.60 Å². The number of rotatable bonds is 7. The van der Waals surface area contributed by atoms with E-state index in [-0.39, 0.29) is 5.60 Å². The smallest absolute Gasteiger partial charge is 0.229 e. The lowest BCUT2D eigenvalue weighted by Gasteiger charge is -2.24. The van der Waals surface area contributed by atoms with Gasteiger partial charge in [0.2, 0.25) is 11.7 Å². The predicted molar refractivity (Wildman–Crippen MR) is 70.7 cm³/mol. The van der Waals surface area contributed by atoms with Crippen LogP contribution < -0.4 is 0 Å². The second-order valence-electron chi connectivity index (χ2n) is 5.29. The van der Waals surface area contributed by atoms with Crippen LogP contribution in [0.25, 0.3) is 0 Å². The maximum atomic E-state index is 9.79. The zero-order valence-electron chi connectivity index (χ0n) is 11.9. The Morgan fingerprint density at radius 2 is 2.11 bits per heavy atom. The van der Waals surface area contributed by atoms with Crippen LogP contribution in [0.3, 0.4) is 0 Å². The van der Waals surface area contributed by atoms with Gasteiger partial charge in [0.05, 0.1) is 12.5 Å². The standard InChI is InChI=1S/C14H24N2O3/c1-3-7-11(17)10-12-15-13(16-19-12)14(18-4-2)8-5-6-9-14/h11,17H,3-10H2,1-2H3. The van der Waals surface area contributed by atoms with E-state index in [0.29, 0.717) is 24.7 Å². The first-order valence-electron chi connectivity index (χ1n) is 7.35. The van der Waals surface area contributed by atoms with E-state index in [4.69, 9.17) is 9.26 Å². The molecule has 0 spiro atoms. The van der Waals surface area contributed by atoms with Crippen LogP contribution in [0.1, 0.15) is 64.1 Å². The fourth-order valence-corrected chi connectivity index (χ4v) is 2.81. The quantitative estimate of drug-likeness (QED) is 0.823. The topological polar surface area (TPSA) is 68.4 Å². The highest BCUT2D eigenvalue weighted by atomic mass is 16.5. The number of ether oxygens (including phenoxy) is 1. The predicted octanol–water partition coefficient (Wildman–Crippen LogP) is 2.58. The van der Waals surface area contributed by atoms with E-state index in [1.165, 1.54) is 0 Å². The van der Waals surface area contributed by atoms with Crippen LogP contribution in [0.15, 0.2) is 4.52 Å². The van der Waals surface area contributed by atoms with Gasteiger partial charge in [-0.25, -0.2) is 0 Å². The molecule has 1 atom stereocenters. The Bertz CT molecular complexity index is 386. The fraction of sp³-hybridized carbons (Fsp3) is 0.857. The van der Waals surface area contributed by atoms with E-state index in [0.717, 1.165) is 38.5 Å². The van der Waals surface area contributed by atoms with Crippen LogP contribution in [0.5, 0.6) is 0 Å². The Labute approximate surface area is 114 Å². The number of aliphatic hydroxyl groups is 1. The van der Waals surface area contributed by atoms with Gasteiger partial charge in [-0.15, -0.1) is 0 Å². The molecule has 1 aliphatic rings. The average molecular weight is 268 g/mol. The van der Waals surface area contributed by atoms with Crippen molar-refractivity contribution in [3.8, 4) is 0 Å². The zero-order valence-corrected chi connectivity index (χ0v) is 11.9. The summed E-state index contributed by atoms with van der Waals surface area (Å²) >= 11 is 0. The molecule has 108 valence electrons. The molecule has 0 aromatic carbocycles. The summed E-state index contributed by atoms with van der Waals surface area (Å²) in [4.78, 5) is 4.44. The van der Waals surface area contributed by atoms with E-state index < -0.39 is 6.10 Å². The van der Waals surface area contributed by atoms with Crippen molar-refractivity contribution in [1.29, 1.82) is 0 Å². The highest BCUT2D eigenvalue weighted by molar-refractivity contribution is 5.04. The van der Waals surface area contributed by atoms with Crippen molar-refractivity contribution in [1.82, 2.24) is 10.1 Å². The minimum absolute atomic E-state index is 0.355. The third kappa shape index (κ3) is 3.34. The molecule has 1 N–H and O–H groups in total.